The van der Waals surface area contributed by atoms with Crippen LogP contribution in [0.4, 0.5) is 0 Å². The van der Waals surface area contributed by atoms with Crippen molar-refractivity contribution in [2.75, 3.05) is 13.3 Å². The molecule has 1 N–H and O–H groups in total. The van der Waals surface area contributed by atoms with Crippen molar-refractivity contribution in [1.29, 1.82) is 0 Å². The molecule has 0 unspecified atom stereocenters. The highest BCUT2D eigenvalue weighted by molar-refractivity contribution is 6.05. The summed E-state index contributed by atoms with van der Waals surface area (Å²) in [5, 5.41) is 9.82. The molecule has 2 atom stereocenters. The number of aliphatic imine (C=N–C) groups is 1. The van der Waals surface area contributed by atoms with E-state index in [4.69, 9.17) is 4.99 Å². The van der Waals surface area contributed by atoms with Gasteiger partial charge < -0.3 is 5.11 Å². The summed E-state index contributed by atoms with van der Waals surface area (Å²) in [6, 6.07) is 20.6. The first-order chi connectivity index (χ1) is 10.3. The summed E-state index contributed by atoms with van der Waals surface area (Å²) >= 11 is 0. The van der Waals surface area contributed by atoms with Crippen molar-refractivity contribution in [3.8, 4) is 0 Å². The fourth-order valence-corrected chi connectivity index (χ4v) is 2.96. The second-order valence-electron chi connectivity index (χ2n) is 5.35. The molecule has 3 heteroatoms. The van der Waals surface area contributed by atoms with Gasteiger partial charge in [0.15, 0.2) is 0 Å². The van der Waals surface area contributed by atoms with Crippen LogP contribution < -0.4 is 0 Å². The molecular weight excluding hydrogens is 260 g/mol. The number of rotatable bonds is 4. The monoisotopic (exact) mass is 280 g/mol. The van der Waals surface area contributed by atoms with E-state index in [-0.39, 0.29) is 18.7 Å². The lowest BCUT2D eigenvalue weighted by atomic mass is 10.0. The maximum absolute atomic E-state index is 9.82. The van der Waals surface area contributed by atoms with Crippen LogP contribution in [0.3, 0.4) is 0 Å². The average molecular weight is 280 g/mol. The van der Waals surface area contributed by atoms with E-state index in [9.17, 15) is 5.11 Å². The first-order valence-electron chi connectivity index (χ1n) is 7.32. The average Bonchev–Trinajstić information content (AvgIpc) is 2.92. The molecule has 21 heavy (non-hydrogen) atoms. The van der Waals surface area contributed by atoms with Crippen molar-refractivity contribution >= 4 is 5.71 Å². The van der Waals surface area contributed by atoms with Gasteiger partial charge in [0.25, 0.3) is 0 Å². The van der Waals surface area contributed by atoms with Gasteiger partial charge in [0, 0.05) is 0 Å². The van der Waals surface area contributed by atoms with E-state index in [2.05, 4.69) is 36.1 Å². The van der Waals surface area contributed by atoms with Crippen LogP contribution in [0.15, 0.2) is 65.7 Å². The standard InChI is InChI=1S/C18H20N2O/c1-14-18(16-10-6-3-7-11-16)19-13-20(14)17(12-21)15-8-4-2-5-9-15/h2-11,14,17,21H,12-13H2,1H3/t14-,17+/m1/s1. The zero-order valence-electron chi connectivity index (χ0n) is 12.2. The second kappa shape index (κ2) is 6.20. The van der Waals surface area contributed by atoms with Crippen LogP contribution in [-0.2, 0) is 0 Å². The van der Waals surface area contributed by atoms with Crippen LogP contribution in [0.25, 0.3) is 0 Å². The molecule has 1 aliphatic rings. The van der Waals surface area contributed by atoms with E-state index < -0.39 is 0 Å². The maximum Gasteiger partial charge on any atom is 0.0924 e. The molecule has 0 saturated carbocycles. The zero-order valence-corrected chi connectivity index (χ0v) is 12.2. The molecule has 0 aliphatic carbocycles. The fraction of sp³-hybridized carbons (Fsp3) is 0.278. The van der Waals surface area contributed by atoms with Crippen molar-refractivity contribution in [3.63, 3.8) is 0 Å². The third-order valence-electron chi connectivity index (χ3n) is 4.12. The minimum Gasteiger partial charge on any atom is -0.394 e. The number of benzene rings is 2. The lowest BCUT2D eigenvalue weighted by Gasteiger charge is -2.30. The Kier molecular flexibility index (Phi) is 4.13. The maximum atomic E-state index is 9.82. The minimum atomic E-state index is -0.00818. The Balaban J connectivity index is 1.83. The zero-order chi connectivity index (χ0) is 14.7. The van der Waals surface area contributed by atoms with E-state index in [1.165, 1.54) is 0 Å². The first-order valence-corrected chi connectivity index (χ1v) is 7.32. The van der Waals surface area contributed by atoms with Crippen LogP contribution in [-0.4, -0.2) is 35.0 Å². The smallest absolute Gasteiger partial charge is 0.0924 e. The molecule has 1 aliphatic heterocycles. The molecule has 0 radical (unpaired) electrons. The molecule has 3 rings (SSSR count). The highest BCUT2D eigenvalue weighted by Crippen LogP contribution is 2.27. The molecule has 0 saturated heterocycles. The Labute approximate surface area is 125 Å². The van der Waals surface area contributed by atoms with Crippen LogP contribution in [0.5, 0.6) is 0 Å². The third kappa shape index (κ3) is 2.75. The van der Waals surface area contributed by atoms with Gasteiger partial charge >= 0.3 is 0 Å². The predicted octanol–water partition coefficient (Wildman–Crippen LogP) is 2.87. The van der Waals surface area contributed by atoms with Gasteiger partial charge in [-0.1, -0.05) is 60.7 Å². The number of aliphatic hydroxyl groups excluding tert-OH is 1. The highest BCUT2D eigenvalue weighted by Gasteiger charge is 2.31. The quantitative estimate of drug-likeness (QED) is 0.934. The van der Waals surface area contributed by atoms with Crippen LogP contribution in [0, 0.1) is 0 Å². The molecule has 1 heterocycles. The van der Waals surface area contributed by atoms with Crippen molar-refractivity contribution in [2.45, 2.75) is 19.0 Å². The van der Waals surface area contributed by atoms with Crippen LogP contribution >= 0.6 is 0 Å². The summed E-state index contributed by atoms with van der Waals surface area (Å²) in [7, 11) is 0. The Morgan fingerprint density at radius 1 is 1.10 bits per heavy atom. The Bertz CT molecular complexity index is 610. The van der Waals surface area contributed by atoms with Crippen molar-refractivity contribution in [3.05, 3.63) is 71.8 Å². The van der Waals surface area contributed by atoms with E-state index in [1.807, 2.05) is 36.4 Å². The normalized spacial score (nSPS) is 20.3. The van der Waals surface area contributed by atoms with Gasteiger partial charge in [-0.15, -0.1) is 0 Å². The van der Waals surface area contributed by atoms with Gasteiger partial charge in [-0.2, -0.15) is 0 Å². The predicted molar refractivity (Wildman–Crippen MR) is 85.4 cm³/mol. The molecule has 2 aromatic rings. The Hall–Kier alpha value is -1.97. The first kappa shape index (κ1) is 14.0. The molecule has 0 amide bonds. The topological polar surface area (TPSA) is 35.8 Å². The molecular formula is C18H20N2O. The van der Waals surface area contributed by atoms with Crippen molar-refractivity contribution in [2.24, 2.45) is 4.99 Å². The number of hydrogen-bond acceptors (Lipinski definition) is 3. The lowest BCUT2D eigenvalue weighted by Crippen LogP contribution is -2.38. The van der Waals surface area contributed by atoms with Crippen LogP contribution in [0.2, 0.25) is 0 Å². The molecule has 3 nitrogen and oxygen atoms in total. The summed E-state index contributed by atoms with van der Waals surface area (Å²) in [5.74, 6) is 0. The van der Waals surface area contributed by atoms with Crippen molar-refractivity contribution < 1.29 is 5.11 Å². The molecule has 0 spiro atoms. The fourth-order valence-electron chi connectivity index (χ4n) is 2.96. The molecule has 108 valence electrons. The summed E-state index contributed by atoms with van der Waals surface area (Å²) in [6.07, 6.45) is 0. The van der Waals surface area contributed by atoms with Gasteiger partial charge in [0.1, 0.15) is 0 Å². The SMILES string of the molecule is C[C@@H]1C(c2ccccc2)=NCN1[C@@H](CO)c1ccccc1. The van der Waals surface area contributed by atoms with Crippen molar-refractivity contribution in [1.82, 2.24) is 4.90 Å². The molecule has 0 bridgehead atoms. The van der Waals surface area contributed by atoms with E-state index in [1.54, 1.807) is 0 Å². The number of nitrogens with zero attached hydrogens (tertiary/aromatic N) is 2. The van der Waals surface area contributed by atoms with Gasteiger partial charge in [-0.25, -0.2) is 0 Å². The molecule has 2 aromatic carbocycles. The van der Waals surface area contributed by atoms with Crippen LogP contribution in [0.1, 0.15) is 24.1 Å². The summed E-state index contributed by atoms with van der Waals surface area (Å²) in [4.78, 5) is 6.94. The largest absolute Gasteiger partial charge is 0.394 e. The summed E-state index contributed by atoms with van der Waals surface area (Å²) < 4.78 is 0. The second-order valence-corrected chi connectivity index (χ2v) is 5.35. The van der Waals surface area contributed by atoms with E-state index in [0.717, 1.165) is 16.8 Å². The minimum absolute atomic E-state index is 0.00818. The van der Waals surface area contributed by atoms with Gasteiger partial charge in [0.2, 0.25) is 0 Å². The van der Waals surface area contributed by atoms with E-state index >= 15 is 0 Å². The summed E-state index contributed by atoms with van der Waals surface area (Å²) in [6.45, 7) is 2.89. The molecule has 0 fully saturated rings. The van der Waals surface area contributed by atoms with Gasteiger partial charge in [0.05, 0.1) is 31.1 Å². The lowest BCUT2D eigenvalue weighted by molar-refractivity contribution is 0.124. The number of aliphatic hydroxyl groups is 1. The third-order valence-corrected chi connectivity index (χ3v) is 4.12. The Morgan fingerprint density at radius 3 is 2.33 bits per heavy atom. The number of hydrogen-bond donors (Lipinski definition) is 1. The summed E-state index contributed by atoms with van der Waals surface area (Å²) in [5.41, 5.74) is 3.40. The molecule has 0 aromatic heterocycles. The highest BCUT2D eigenvalue weighted by atomic mass is 16.3. The van der Waals surface area contributed by atoms with E-state index in [0.29, 0.717) is 6.67 Å². The van der Waals surface area contributed by atoms with Gasteiger partial charge in [-0.05, 0) is 18.1 Å². The van der Waals surface area contributed by atoms with Gasteiger partial charge in [-0.3, -0.25) is 9.89 Å². The Morgan fingerprint density at radius 2 is 1.71 bits per heavy atom.